The Balaban J connectivity index is 2.80. The smallest absolute Gasteiger partial charge is 0.325 e. The van der Waals surface area contributed by atoms with Gasteiger partial charge in [0, 0.05) is 25.9 Å². The Labute approximate surface area is 116 Å². The number of methoxy groups -OCH3 is 1. The number of hydrogen-bond donors (Lipinski definition) is 1. The monoisotopic (exact) mass is 282 g/mol. The van der Waals surface area contributed by atoms with Gasteiger partial charge < -0.3 is 19.4 Å². The molecular formula is C13H18N2O5. The summed E-state index contributed by atoms with van der Waals surface area (Å²) in [6.07, 6.45) is 1.32. The molecule has 1 heterocycles. The highest BCUT2D eigenvalue weighted by Crippen LogP contribution is 2.02. The summed E-state index contributed by atoms with van der Waals surface area (Å²) in [6, 6.07) is 2.66. The van der Waals surface area contributed by atoms with E-state index in [0.717, 1.165) is 0 Å². The predicted molar refractivity (Wildman–Crippen MR) is 71.5 cm³/mol. The molecule has 0 saturated heterocycles. The number of rotatable bonds is 7. The highest BCUT2D eigenvalue weighted by Gasteiger charge is 2.19. The van der Waals surface area contributed by atoms with E-state index in [9.17, 15) is 14.4 Å². The normalized spacial score (nSPS) is 10.1. The summed E-state index contributed by atoms with van der Waals surface area (Å²) in [5, 5.41) is 0. The van der Waals surface area contributed by atoms with Crippen molar-refractivity contribution in [3.8, 4) is 0 Å². The fourth-order valence-corrected chi connectivity index (χ4v) is 1.54. The lowest BCUT2D eigenvalue weighted by Crippen LogP contribution is -2.38. The van der Waals surface area contributed by atoms with E-state index in [-0.39, 0.29) is 31.2 Å². The Bertz CT molecular complexity index is 491. The van der Waals surface area contributed by atoms with Gasteiger partial charge in [-0.15, -0.1) is 0 Å². The van der Waals surface area contributed by atoms with E-state index in [0.29, 0.717) is 12.2 Å². The maximum Gasteiger partial charge on any atom is 0.325 e. The van der Waals surface area contributed by atoms with Crippen LogP contribution in [0.4, 0.5) is 0 Å². The van der Waals surface area contributed by atoms with Crippen molar-refractivity contribution in [2.24, 2.45) is 0 Å². The van der Waals surface area contributed by atoms with Crippen molar-refractivity contribution in [1.29, 1.82) is 0 Å². The van der Waals surface area contributed by atoms with Gasteiger partial charge in [-0.05, 0) is 13.0 Å². The standard InChI is InChI=1S/C13H18N2O5/c1-3-20-12(17)9-15(6-7-19-2)13(18)10-4-5-11(16)14-8-10/h4-5,8H,3,6-7,9H2,1-2H3,(H,14,16). The summed E-state index contributed by atoms with van der Waals surface area (Å²) in [7, 11) is 1.51. The summed E-state index contributed by atoms with van der Waals surface area (Å²) >= 11 is 0. The molecule has 0 fully saturated rings. The summed E-state index contributed by atoms with van der Waals surface area (Å²) < 4.78 is 9.74. The van der Waals surface area contributed by atoms with Crippen LogP contribution in [-0.2, 0) is 14.3 Å². The maximum atomic E-state index is 12.2. The third kappa shape index (κ3) is 4.85. The van der Waals surface area contributed by atoms with Crippen molar-refractivity contribution in [2.75, 3.05) is 33.4 Å². The Morgan fingerprint density at radius 3 is 2.65 bits per heavy atom. The third-order valence-electron chi connectivity index (χ3n) is 2.51. The van der Waals surface area contributed by atoms with Crippen molar-refractivity contribution in [2.45, 2.75) is 6.92 Å². The topological polar surface area (TPSA) is 88.7 Å². The molecule has 0 unspecified atom stereocenters. The first-order valence-electron chi connectivity index (χ1n) is 6.21. The molecule has 7 heteroatoms. The number of pyridine rings is 1. The lowest BCUT2D eigenvalue weighted by atomic mass is 10.2. The molecular weight excluding hydrogens is 264 g/mol. The number of ether oxygens (including phenoxy) is 2. The summed E-state index contributed by atoms with van der Waals surface area (Å²) in [6.45, 7) is 2.35. The van der Waals surface area contributed by atoms with Gasteiger partial charge >= 0.3 is 5.97 Å². The zero-order chi connectivity index (χ0) is 15.0. The maximum absolute atomic E-state index is 12.2. The van der Waals surface area contributed by atoms with Gasteiger partial charge in [-0.1, -0.05) is 0 Å². The van der Waals surface area contributed by atoms with Crippen molar-refractivity contribution in [3.05, 3.63) is 34.2 Å². The van der Waals surface area contributed by atoms with Crippen LogP contribution in [0.3, 0.4) is 0 Å². The van der Waals surface area contributed by atoms with E-state index < -0.39 is 5.97 Å². The van der Waals surface area contributed by atoms with E-state index in [1.165, 1.54) is 30.3 Å². The van der Waals surface area contributed by atoms with E-state index in [4.69, 9.17) is 9.47 Å². The largest absolute Gasteiger partial charge is 0.465 e. The molecule has 1 rings (SSSR count). The van der Waals surface area contributed by atoms with Crippen molar-refractivity contribution < 1.29 is 19.1 Å². The molecule has 0 bridgehead atoms. The average molecular weight is 282 g/mol. The molecule has 110 valence electrons. The van der Waals surface area contributed by atoms with Crippen LogP contribution in [0.15, 0.2) is 23.1 Å². The molecule has 0 aliphatic rings. The summed E-state index contributed by atoms with van der Waals surface area (Å²) in [5.41, 5.74) is 0.000357. The van der Waals surface area contributed by atoms with Crippen LogP contribution in [0.1, 0.15) is 17.3 Å². The zero-order valence-corrected chi connectivity index (χ0v) is 11.5. The van der Waals surface area contributed by atoms with E-state index >= 15 is 0 Å². The van der Waals surface area contributed by atoms with Crippen LogP contribution < -0.4 is 5.56 Å². The van der Waals surface area contributed by atoms with Crippen LogP contribution in [0.2, 0.25) is 0 Å². The van der Waals surface area contributed by atoms with Crippen molar-refractivity contribution >= 4 is 11.9 Å². The number of amides is 1. The number of carbonyl (C=O) groups is 2. The average Bonchev–Trinajstić information content (AvgIpc) is 2.44. The Morgan fingerprint density at radius 1 is 1.35 bits per heavy atom. The quantitative estimate of drug-likeness (QED) is 0.713. The summed E-state index contributed by atoms with van der Waals surface area (Å²) in [5.74, 6) is -0.854. The highest BCUT2D eigenvalue weighted by molar-refractivity contribution is 5.95. The van der Waals surface area contributed by atoms with Crippen molar-refractivity contribution in [1.82, 2.24) is 9.88 Å². The lowest BCUT2D eigenvalue weighted by molar-refractivity contribution is -0.143. The van der Waals surface area contributed by atoms with Crippen LogP contribution in [0.25, 0.3) is 0 Å². The number of aromatic nitrogens is 1. The minimum Gasteiger partial charge on any atom is -0.465 e. The number of H-pyrrole nitrogens is 1. The number of nitrogens with one attached hydrogen (secondary N) is 1. The van der Waals surface area contributed by atoms with Gasteiger partial charge in [0.25, 0.3) is 5.91 Å². The molecule has 1 aromatic heterocycles. The van der Waals surface area contributed by atoms with Gasteiger partial charge in [0.15, 0.2) is 0 Å². The zero-order valence-electron chi connectivity index (χ0n) is 11.5. The molecule has 0 atom stereocenters. The molecule has 1 amide bonds. The fraction of sp³-hybridized carbons (Fsp3) is 0.462. The number of hydrogen-bond acceptors (Lipinski definition) is 5. The van der Waals surface area contributed by atoms with Crippen LogP contribution in [0, 0.1) is 0 Å². The van der Waals surface area contributed by atoms with Gasteiger partial charge in [-0.2, -0.15) is 0 Å². The third-order valence-corrected chi connectivity index (χ3v) is 2.51. The second-order valence-electron chi connectivity index (χ2n) is 3.97. The Kier molecular flexibility index (Phi) is 6.45. The second kappa shape index (κ2) is 8.11. The molecule has 20 heavy (non-hydrogen) atoms. The molecule has 0 aliphatic carbocycles. The minimum absolute atomic E-state index is 0.158. The van der Waals surface area contributed by atoms with Gasteiger partial charge in [-0.3, -0.25) is 14.4 Å². The lowest BCUT2D eigenvalue weighted by Gasteiger charge is -2.21. The SMILES string of the molecule is CCOC(=O)CN(CCOC)C(=O)c1ccc(=O)[nH]c1. The molecule has 1 aromatic rings. The molecule has 0 aromatic carbocycles. The predicted octanol–water partition coefficient (Wildman–Crippen LogP) is 0.0266. The second-order valence-corrected chi connectivity index (χ2v) is 3.97. The first-order valence-corrected chi connectivity index (χ1v) is 6.21. The fourth-order valence-electron chi connectivity index (χ4n) is 1.54. The van der Waals surface area contributed by atoms with Crippen LogP contribution in [0.5, 0.6) is 0 Å². The van der Waals surface area contributed by atoms with Gasteiger partial charge in [0.2, 0.25) is 5.56 Å². The Morgan fingerprint density at radius 2 is 2.10 bits per heavy atom. The Hall–Kier alpha value is -2.15. The molecule has 0 spiro atoms. The van der Waals surface area contributed by atoms with Gasteiger partial charge in [-0.25, -0.2) is 0 Å². The number of aromatic amines is 1. The van der Waals surface area contributed by atoms with Crippen LogP contribution in [-0.4, -0.2) is 55.2 Å². The summed E-state index contributed by atoms with van der Waals surface area (Å²) in [4.78, 5) is 38.4. The molecule has 0 radical (unpaired) electrons. The van der Waals surface area contributed by atoms with E-state index in [2.05, 4.69) is 4.98 Å². The molecule has 7 nitrogen and oxygen atoms in total. The number of carbonyl (C=O) groups excluding carboxylic acids is 2. The first kappa shape index (κ1) is 15.9. The van der Waals surface area contributed by atoms with Gasteiger partial charge in [0.05, 0.1) is 18.8 Å². The molecule has 0 aliphatic heterocycles. The minimum atomic E-state index is -0.485. The highest BCUT2D eigenvalue weighted by atomic mass is 16.5. The molecule has 0 saturated carbocycles. The number of esters is 1. The van der Waals surface area contributed by atoms with Gasteiger partial charge in [0.1, 0.15) is 6.54 Å². The number of nitrogens with zero attached hydrogens (tertiary/aromatic N) is 1. The molecule has 1 N–H and O–H groups in total. The van der Waals surface area contributed by atoms with Crippen molar-refractivity contribution in [3.63, 3.8) is 0 Å². The van der Waals surface area contributed by atoms with Crippen LogP contribution >= 0.6 is 0 Å². The first-order chi connectivity index (χ1) is 9.58. The van der Waals surface area contributed by atoms with E-state index in [1.54, 1.807) is 6.92 Å². The van der Waals surface area contributed by atoms with E-state index in [1.807, 2.05) is 0 Å².